The molecule has 0 saturated heterocycles. The fourth-order valence-corrected chi connectivity index (χ4v) is 2.20. The van der Waals surface area contributed by atoms with Crippen LogP contribution in [-0.2, 0) is 0 Å². The fraction of sp³-hybridized carbons (Fsp3) is 0.200. The van der Waals surface area contributed by atoms with Gasteiger partial charge in [0, 0.05) is 16.1 Å². The predicted octanol–water partition coefficient (Wildman–Crippen LogP) is 3.88. The number of rotatable bonds is 3. The SMILES string of the molecule is COc1ccc(F)cc1C(O)c1cccc(C)c1Cl. The van der Waals surface area contributed by atoms with Crippen molar-refractivity contribution >= 4 is 11.6 Å². The zero-order valence-electron chi connectivity index (χ0n) is 10.7. The average molecular weight is 281 g/mol. The molecule has 0 aromatic heterocycles. The van der Waals surface area contributed by atoms with Crippen LogP contribution in [0.4, 0.5) is 4.39 Å². The van der Waals surface area contributed by atoms with Crippen LogP contribution in [0.2, 0.25) is 5.02 Å². The van der Waals surface area contributed by atoms with Crippen molar-refractivity contribution in [1.29, 1.82) is 0 Å². The molecule has 0 saturated carbocycles. The smallest absolute Gasteiger partial charge is 0.125 e. The molecule has 2 nitrogen and oxygen atoms in total. The molecular weight excluding hydrogens is 267 g/mol. The Kier molecular flexibility index (Phi) is 4.08. The lowest BCUT2D eigenvalue weighted by molar-refractivity contribution is 0.214. The highest BCUT2D eigenvalue weighted by atomic mass is 35.5. The molecule has 0 amide bonds. The second-order valence-corrected chi connectivity index (χ2v) is 4.64. The van der Waals surface area contributed by atoms with E-state index in [4.69, 9.17) is 16.3 Å². The lowest BCUT2D eigenvalue weighted by Gasteiger charge is -2.17. The number of aliphatic hydroxyl groups excluding tert-OH is 1. The lowest BCUT2D eigenvalue weighted by atomic mass is 9.99. The minimum atomic E-state index is -1.03. The number of ether oxygens (including phenoxy) is 1. The van der Waals surface area contributed by atoms with Crippen molar-refractivity contribution in [2.45, 2.75) is 13.0 Å². The number of methoxy groups -OCH3 is 1. The minimum absolute atomic E-state index is 0.356. The maximum absolute atomic E-state index is 13.3. The summed E-state index contributed by atoms with van der Waals surface area (Å²) >= 11 is 6.18. The van der Waals surface area contributed by atoms with Gasteiger partial charge in [0.1, 0.15) is 17.7 Å². The Bertz CT molecular complexity index is 599. The molecule has 0 heterocycles. The maximum Gasteiger partial charge on any atom is 0.125 e. The van der Waals surface area contributed by atoms with Crippen LogP contribution in [0.1, 0.15) is 22.8 Å². The van der Waals surface area contributed by atoms with E-state index in [1.54, 1.807) is 12.1 Å². The number of aliphatic hydroxyl groups is 1. The van der Waals surface area contributed by atoms with Gasteiger partial charge < -0.3 is 9.84 Å². The number of hydrogen-bond acceptors (Lipinski definition) is 2. The molecule has 0 bridgehead atoms. The molecule has 0 aliphatic rings. The Labute approximate surface area is 116 Å². The first-order chi connectivity index (χ1) is 9.04. The third kappa shape index (κ3) is 2.72. The van der Waals surface area contributed by atoms with Crippen LogP contribution in [0.25, 0.3) is 0 Å². The van der Waals surface area contributed by atoms with Gasteiger partial charge in [-0.1, -0.05) is 29.8 Å². The summed E-state index contributed by atoms with van der Waals surface area (Å²) in [5.74, 6) is -0.00917. The molecule has 1 atom stereocenters. The van der Waals surface area contributed by atoms with Crippen molar-refractivity contribution in [3.05, 3.63) is 63.9 Å². The highest BCUT2D eigenvalue weighted by molar-refractivity contribution is 6.32. The Hall–Kier alpha value is -1.58. The maximum atomic E-state index is 13.3. The van der Waals surface area contributed by atoms with Gasteiger partial charge in [-0.15, -0.1) is 0 Å². The first-order valence-corrected chi connectivity index (χ1v) is 6.19. The van der Waals surface area contributed by atoms with Crippen LogP contribution < -0.4 is 4.74 Å². The van der Waals surface area contributed by atoms with Crippen molar-refractivity contribution in [2.75, 3.05) is 7.11 Å². The van der Waals surface area contributed by atoms with Gasteiger partial charge in [-0.2, -0.15) is 0 Å². The second kappa shape index (κ2) is 5.59. The quantitative estimate of drug-likeness (QED) is 0.924. The number of benzene rings is 2. The highest BCUT2D eigenvalue weighted by Crippen LogP contribution is 2.35. The van der Waals surface area contributed by atoms with Crippen LogP contribution >= 0.6 is 11.6 Å². The molecule has 19 heavy (non-hydrogen) atoms. The zero-order valence-corrected chi connectivity index (χ0v) is 11.4. The largest absolute Gasteiger partial charge is 0.496 e. The molecule has 2 aromatic rings. The Balaban J connectivity index is 2.52. The first kappa shape index (κ1) is 13.8. The van der Waals surface area contributed by atoms with Gasteiger partial charge in [-0.25, -0.2) is 4.39 Å². The average Bonchev–Trinajstić information content (AvgIpc) is 2.41. The van der Waals surface area contributed by atoms with Gasteiger partial charge in [-0.05, 0) is 30.7 Å². The molecule has 2 aromatic carbocycles. The van der Waals surface area contributed by atoms with Crippen molar-refractivity contribution in [1.82, 2.24) is 0 Å². The van der Waals surface area contributed by atoms with Gasteiger partial charge >= 0.3 is 0 Å². The third-order valence-electron chi connectivity index (χ3n) is 3.00. The summed E-state index contributed by atoms with van der Waals surface area (Å²) in [5.41, 5.74) is 1.74. The number of aryl methyl sites for hydroxylation is 1. The second-order valence-electron chi connectivity index (χ2n) is 4.27. The summed E-state index contributed by atoms with van der Waals surface area (Å²) in [6.45, 7) is 1.85. The Morgan fingerprint density at radius 1 is 1.21 bits per heavy atom. The van der Waals surface area contributed by atoms with Crippen molar-refractivity contribution in [2.24, 2.45) is 0 Å². The van der Waals surface area contributed by atoms with E-state index in [1.807, 2.05) is 13.0 Å². The molecule has 1 N–H and O–H groups in total. The van der Waals surface area contributed by atoms with E-state index in [1.165, 1.54) is 25.3 Å². The number of hydrogen-bond donors (Lipinski definition) is 1. The van der Waals surface area contributed by atoms with Crippen LogP contribution in [0, 0.1) is 12.7 Å². The normalized spacial score (nSPS) is 12.3. The molecule has 0 radical (unpaired) electrons. The molecule has 0 fully saturated rings. The van der Waals surface area contributed by atoms with Crippen molar-refractivity contribution in [3.63, 3.8) is 0 Å². The predicted molar refractivity (Wildman–Crippen MR) is 73.2 cm³/mol. The fourth-order valence-electron chi connectivity index (χ4n) is 1.97. The van der Waals surface area contributed by atoms with Crippen molar-refractivity contribution < 1.29 is 14.2 Å². The molecule has 4 heteroatoms. The molecule has 1 unspecified atom stereocenters. The number of halogens is 2. The van der Waals surface area contributed by atoms with E-state index in [0.717, 1.165) is 5.56 Å². The molecule has 0 aliphatic heterocycles. The highest BCUT2D eigenvalue weighted by Gasteiger charge is 2.19. The van der Waals surface area contributed by atoms with E-state index in [9.17, 15) is 9.50 Å². The van der Waals surface area contributed by atoms with E-state index in [-0.39, 0.29) is 0 Å². The zero-order chi connectivity index (χ0) is 14.0. The van der Waals surface area contributed by atoms with Crippen LogP contribution in [0.3, 0.4) is 0 Å². The summed E-state index contributed by atoms with van der Waals surface area (Å²) in [6.07, 6.45) is -1.03. The van der Waals surface area contributed by atoms with E-state index in [0.29, 0.717) is 21.9 Å². The summed E-state index contributed by atoms with van der Waals surface area (Å²) in [7, 11) is 1.47. The molecule has 100 valence electrons. The first-order valence-electron chi connectivity index (χ1n) is 5.81. The molecular formula is C15H14ClFO2. The van der Waals surface area contributed by atoms with Gasteiger partial charge in [0.15, 0.2) is 0 Å². The Morgan fingerprint density at radius 3 is 2.63 bits per heavy atom. The third-order valence-corrected chi connectivity index (χ3v) is 3.52. The van der Waals surface area contributed by atoms with Crippen molar-refractivity contribution in [3.8, 4) is 5.75 Å². The molecule has 0 spiro atoms. The topological polar surface area (TPSA) is 29.5 Å². The lowest BCUT2D eigenvalue weighted by Crippen LogP contribution is -2.04. The summed E-state index contributed by atoms with van der Waals surface area (Å²) in [5, 5.41) is 10.9. The van der Waals surface area contributed by atoms with Gasteiger partial charge in [0.2, 0.25) is 0 Å². The monoisotopic (exact) mass is 280 g/mol. The van der Waals surface area contributed by atoms with E-state index >= 15 is 0 Å². The Morgan fingerprint density at radius 2 is 1.95 bits per heavy atom. The van der Waals surface area contributed by atoms with Crippen LogP contribution in [-0.4, -0.2) is 12.2 Å². The van der Waals surface area contributed by atoms with Gasteiger partial charge in [0.25, 0.3) is 0 Å². The molecule has 0 aliphatic carbocycles. The van der Waals surface area contributed by atoms with E-state index < -0.39 is 11.9 Å². The minimum Gasteiger partial charge on any atom is -0.496 e. The van der Waals surface area contributed by atoms with Crippen LogP contribution in [0.5, 0.6) is 5.75 Å². The van der Waals surface area contributed by atoms with Gasteiger partial charge in [0.05, 0.1) is 7.11 Å². The standard InChI is InChI=1S/C15H14ClFO2/c1-9-4-3-5-11(14(9)16)15(18)12-8-10(17)6-7-13(12)19-2/h3-8,15,18H,1-2H3. The molecule has 2 rings (SSSR count). The van der Waals surface area contributed by atoms with Gasteiger partial charge in [-0.3, -0.25) is 0 Å². The summed E-state index contributed by atoms with van der Waals surface area (Å²) < 4.78 is 18.5. The summed E-state index contributed by atoms with van der Waals surface area (Å²) in [4.78, 5) is 0. The van der Waals surface area contributed by atoms with E-state index in [2.05, 4.69) is 0 Å². The van der Waals surface area contributed by atoms with Crippen LogP contribution in [0.15, 0.2) is 36.4 Å². The summed E-state index contributed by atoms with van der Waals surface area (Å²) in [6, 6.07) is 9.38.